The minimum absolute atomic E-state index is 0.931. The summed E-state index contributed by atoms with van der Waals surface area (Å²) in [6.07, 6.45) is 25.1. The second kappa shape index (κ2) is 19.4. The lowest BCUT2D eigenvalue weighted by Crippen LogP contribution is -2.35. The van der Waals surface area contributed by atoms with Crippen molar-refractivity contribution in [2.24, 2.45) is 0 Å². The summed E-state index contributed by atoms with van der Waals surface area (Å²) in [6, 6.07) is 0. The average Bonchev–Trinajstić information content (AvgIpc) is 2.59. The molecule has 0 aromatic rings. The van der Waals surface area contributed by atoms with Gasteiger partial charge in [-0.15, -0.1) is 0 Å². The van der Waals surface area contributed by atoms with E-state index in [4.69, 9.17) is 4.74 Å². The number of unbranched alkanes of at least 4 members (excludes halogenated alkanes) is 12. The predicted molar refractivity (Wildman–Crippen MR) is 118 cm³/mol. The van der Waals surface area contributed by atoms with Gasteiger partial charge in [0.2, 0.25) is 0 Å². The van der Waals surface area contributed by atoms with Gasteiger partial charge in [0.1, 0.15) is 0 Å². The first-order chi connectivity index (χ1) is 12.6. The first-order valence-corrected chi connectivity index (χ1v) is 11.6. The summed E-state index contributed by atoms with van der Waals surface area (Å²) in [5.41, 5.74) is 0. The minimum Gasteiger partial charge on any atom is -0.381 e. The molecular weight excluding hydrogens is 318 g/mol. The number of allylic oxidation sites excluding steroid dienone is 2. The molecule has 26 heavy (non-hydrogen) atoms. The number of quaternary nitrogens is 1. The highest BCUT2D eigenvalue weighted by atomic mass is 16.5. The Balaban J connectivity index is 3.10. The lowest BCUT2D eigenvalue weighted by molar-refractivity contribution is -0.870. The van der Waals surface area contributed by atoms with E-state index in [0.29, 0.717) is 0 Å². The summed E-state index contributed by atoms with van der Waals surface area (Å²) in [7, 11) is 6.72. The van der Waals surface area contributed by atoms with Crippen molar-refractivity contribution in [3.63, 3.8) is 0 Å². The van der Waals surface area contributed by atoms with Gasteiger partial charge >= 0.3 is 0 Å². The quantitative estimate of drug-likeness (QED) is 0.126. The van der Waals surface area contributed by atoms with Crippen molar-refractivity contribution in [1.29, 1.82) is 0 Å². The van der Waals surface area contributed by atoms with Gasteiger partial charge in [0.05, 0.1) is 34.3 Å². The zero-order valence-corrected chi connectivity index (χ0v) is 18.7. The molecule has 156 valence electrons. The van der Waals surface area contributed by atoms with E-state index >= 15 is 0 Å². The van der Waals surface area contributed by atoms with Gasteiger partial charge in [0.25, 0.3) is 0 Å². The maximum absolute atomic E-state index is 5.73. The van der Waals surface area contributed by atoms with Crippen molar-refractivity contribution in [3.05, 3.63) is 12.2 Å². The highest BCUT2D eigenvalue weighted by Gasteiger charge is 2.05. The number of hydrogen-bond acceptors (Lipinski definition) is 1. The van der Waals surface area contributed by atoms with E-state index in [1.165, 1.54) is 103 Å². The van der Waals surface area contributed by atoms with Gasteiger partial charge in [-0.25, -0.2) is 0 Å². The monoisotopic (exact) mass is 368 g/mol. The third-order valence-electron chi connectivity index (χ3n) is 4.92. The zero-order valence-electron chi connectivity index (χ0n) is 18.7. The van der Waals surface area contributed by atoms with E-state index in [2.05, 4.69) is 40.2 Å². The van der Waals surface area contributed by atoms with Crippen LogP contribution in [0, 0.1) is 0 Å². The molecule has 0 N–H and O–H groups in total. The molecule has 0 bridgehead atoms. The second-order valence-corrected chi connectivity index (χ2v) is 8.92. The smallest absolute Gasteiger partial charge is 0.0802 e. The van der Waals surface area contributed by atoms with Gasteiger partial charge in [-0.2, -0.15) is 0 Å². The Morgan fingerprint density at radius 1 is 0.577 bits per heavy atom. The fraction of sp³-hybridized carbons (Fsp3) is 0.917. The predicted octanol–water partition coefficient (Wildman–Crippen LogP) is 7.14. The molecule has 2 heteroatoms. The van der Waals surface area contributed by atoms with Crippen molar-refractivity contribution < 1.29 is 9.22 Å². The maximum atomic E-state index is 5.73. The fourth-order valence-corrected chi connectivity index (χ4v) is 3.19. The Hall–Kier alpha value is -0.340. The van der Waals surface area contributed by atoms with Crippen molar-refractivity contribution in [1.82, 2.24) is 0 Å². The summed E-state index contributed by atoms with van der Waals surface area (Å²) >= 11 is 0. The first-order valence-electron chi connectivity index (χ1n) is 11.6. The molecule has 0 rings (SSSR count). The Morgan fingerprint density at radius 2 is 1.04 bits per heavy atom. The number of ether oxygens (including phenoxy) is 1. The SMILES string of the molecule is CCCCCCCC/C=C\CCCCCCCCOCCC[N+](C)(C)C. The number of nitrogens with zero attached hydrogens (tertiary/aromatic N) is 1. The first kappa shape index (κ1) is 25.7. The summed E-state index contributed by atoms with van der Waals surface area (Å²) in [4.78, 5) is 0. The average molecular weight is 369 g/mol. The minimum atomic E-state index is 0.931. The van der Waals surface area contributed by atoms with Gasteiger partial charge in [-0.05, 0) is 32.1 Å². The molecular formula is C24H50NO+. The molecule has 0 aromatic heterocycles. The highest BCUT2D eigenvalue weighted by Crippen LogP contribution is 2.10. The van der Waals surface area contributed by atoms with Crippen LogP contribution < -0.4 is 0 Å². The maximum Gasteiger partial charge on any atom is 0.0802 e. The fourth-order valence-electron chi connectivity index (χ4n) is 3.19. The van der Waals surface area contributed by atoms with Crippen LogP contribution in [0.1, 0.15) is 103 Å². The van der Waals surface area contributed by atoms with E-state index in [1.54, 1.807) is 0 Å². The van der Waals surface area contributed by atoms with E-state index < -0.39 is 0 Å². The number of hydrogen-bond donors (Lipinski definition) is 0. The van der Waals surface area contributed by atoms with Crippen LogP contribution in [0.25, 0.3) is 0 Å². The van der Waals surface area contributed by atoms with Crippen molar-refractivity contribution in [2.75, 3.05) is 40.9 Å². The molecule has 0 aliphatic rings. The Morgan fingerprint density at radius 3 is 1.58 bits per heavy atom. The molecule has 0 spiro atoms. The largest absolute Gasteiger partial charge is 0.381 e. The summed E-state index contributed by atoms with van der Waals surface area (Å²) in [5.74, 6) is 0. The molecule has 0 radical (unpaired) electrons. The molecule has 0 saturated carbocycles. The Bertz CT molecular complexity index is 293. The van der Waals surface area contributed by atoms with Crippen LogP contribution in [0.3, 0.4) is 0 Å². The molecule has 0 saturated heterocycles. The van der Waals surface area contributed by atoms with Crippen LogP contribution in [-0.2, 0) is 4.74 Å². The molecule has 0 fully saturated rings. The van der Waals surface area contributed by atoms with Crippen LogP contribution in [0.15, 0.2) is 12.2 Å². The molecule has 0 aromatic carbocycles. The highest BCUT2D eigenvalue weighted by molar-refractivity contribution is 4.81. The van der Waals surface area contributed by atoms with Crippen molar-refractivity contribution in [3.8, 4) is 0 Å². The van der Waals surface area contributed by atoms with Gasteiger partial charge < -0.3 is 9.22 Å². The van der Waals surface area contributed by atoms with Crippen LogP contribution in [-0.4, -0.2) is 45.4 Å². The van der Waals surface area contributed by atoms with Gasteiger partial charge in [0, 0.05) is 13.0 Å². The molecule has 2 nitrogen and oxygen atoms in total. The lowest BCUT2D eigenvalue weighted by Gasteiger charge is -2.23. The molecule has 0 unspecified atom stereocenters. The molecule has 0 aliphatic heterocycles. The van der Waals surface area contributed by atoms with Crippen LogP contribution >= 0.6 is 0 Å². The Labute approximate surface area is 166 Å². The standard InChI is InChI=1S/C24H50NO/c1-5-6-7-8-9-10-11-12-13-14-15-16-17-18-19-20-23-26-24-21-22-25(2,3)4/h12-13H,5-11,14-24H2,1-4H3/q+1/b13-12-. The third-order valence-corrected chi connectivity index (χ3v) is 4.92. The topological polar surface area (TPSA) is 9.23 Å². The van der Waals surface area contributed by atoms with Crippen LogP contribution in [0.5, 0.6) is 0 Å². The summed E-state index contributed by atoms with van der Waals surface area (Å²) in [5, 5.41) is 0. The van der Waals surface area contributed by atoms with E-state index in [9.17, 15) is 0 Å². The van der Waals surface area contributed by atoms with Gasteiger partial charge in [0.15, 0.2) is 0 Å². The van der Waals surface area contributed by atoms with E-state index in [-0.39, 0.29) is 0 Å². The lowest BCUT2D eigenvalue weighted by atomic mass is 10.1. The Kier molecular flexibility index (Phi) is 19.2. The number of rotatable bonds is 20. The van der Waals surface area contributed by atoms with Crippen LogP contribution in [0.2, 0.25) is 0 Å². The molecule has 0 heterocycles. The summed E-state index contributed by atoms with van der Waals surface area (Å²) in [6.45, 7) is 5.37. The molecule has 0 aliphatic carbocycles. The summed E-state index contributed by atoms with van der Waals surface area (Å²) < 4.78 is 6.77. The second-order valence-electron chi connectivity index (χ2n) is 8.92. The molecule has 0 amide bonds. The third kappa shape index (κ3) is 23.7. The zero-order chi connectivity index (χ0) is 19.3. The molecule has 0 atom stereocenters. The van der Waals surface area contributed by atoms with Crippen LogP contribution in [0.4, 0.5) is 0 Å². The van der Waals surface area contributed by atoms with Gasteiger partial charge in [-0.1, -0.05) is 76.9 Å². The van der Waals surface area contributed by atoms with Crippen molar-refractivity contribution >= 4 is 0 Å². The van der Waals surface area contributed by atoms with Crippen molar-refractivity contribution in [2.45, 2.75) is 103 Å². The van der Waals surface area contributed by atoms with E-state index in [1.807, 2.05) is 0 Å². The van der Waals surface area contributed by atoms with E-state index in [0.717, 1.165) is 17.7 Å². The van der Waals surface area contributed by atoms with Gasteiger partial charge in [-0.3, -0.25) is 0 Å². The normalized spacial score (nSPS) is 12.3.